The number of halogens is 1. The summed E-state index contributed by atoms with van der Waals surface area (Å²) in [6.45, 7) is 1.79. The van der Waals surface area contributed by atoms with Gasteiger partial charge in [0.15, 0.2) is 0 Å². The first-order valence-corrected chi connectivity index (χ1v) is 6.17. The van der Waals surface area contributed by atoms with E-state index in [2.05, 4.69) is 0 Å². The number of ether oxygens (including phenoxy) is 2. The zero-order valence-electron chi connectivity index (χ0n) is 10.4. The van der Waals surface area contributed by atoms with Crippen LogP contribution in [0.25, 0.3) is 0 Å². The Balaban J connectivity index is 2.02. The molecule has 98 valence electrons. The van der Waals surface area contributed by atoms with E-state index in [1.54, 1.807) is 18.2 Å². The van der Waals surface area contributed by atoms with Crippen LogP contribution in [-0.2, 0) is 11.4 Å². The smallest absolute Gasteiger partial charge is 0.308 e. The largest absolute Gasteiger partial charge is 0.489 e. The summed E-state index contributed by atoms with van der Waals surface area (Å²) < 4.78 is 10.5. The van der Waals surface area contributed by atoms with Gasteiger partial charge in [0.25, 0.3) is 0 Å². The van der Waals surface area contributed by atoms with E-state index < -0.39 is 5.97 Å². The van der Waals surface area contributed by atoms with Crippen LogP contribution < -0.4 is 9.47 Å². The molecule has 0 aromatic heterocycles. The van der Waals surface area contributed by atoms with Gasteiger partial charge in [-0.15, -0.1) is 0 Å². The van der Waals surface area contributed by atoms with Crippen molar-refractivity contribution in [3.05, 3.63) is 59.1 Å². The predicted octanol–water partition coefficient (Wildman–Crippen LogP) is 3.84. The van der Waals surface area contributed by atoms with Crippen molar-refractivity contribution >= 4 is 17.6 Å². The molecule has 0 heterocycles. The fourth-order valence-corrected chi connectivity index (χ4v) is 1.76. The highest BCUT2D eigenvalue weighted by Gasteiger charge is 2.06. The summed E-state index contributed by atoms with van der Waals surface area (Å²) in [5, 5.41) is 0.348. The van der Waals surface area contributed by atoms with Crippen LogP contribution in [0.5, 0.6) is 11.5 Å². The lowest BCUT2D eigenvalue weighted by atomic mass is 10.2. The molecule has 4 heteroatoms. The molecule has 3 nitrogen and oxygen atoms in total. The van der Waals surface area contributed by atoms with Crippen LogP contribution in [0, 0.1) is 0 Å². The first kappa shape index (κ1) is 13.4. The first-order valence-electron chi connectivity index (χ1n) is 5.80. The molecular weight excluding hydrogens is 264 g/mol. The molecule has 0 radical (unpaired) electrons. The minimum atomic E-state index is -0.403. The number of rotatable bonds is 4. The average Bonchev–Trinajstić information content (AvgIpc) is 2.40. The molecule has 0 aliphatic heterocycles. The van der Waals surface area contributed by atoms with Gasteiger partial charge in [0.05, 0.1) is 5.02 Å². The molecule has 0 N–H and O–H groups in total. The third kappa shape index (κ3) is 4.00. The monoisotopic (exact) mass is 276 g/mol. The summed E-state index contributed by atoms with van der Waals surface area (Å²) in [7, 11) is 0. The quantitative estimate of drug-likeness (QED) is 0.629. The average molecular weight is 277 g/mol. The molecule has 0 bridgehead atoms. The molecule has 0 amide bonds. The van der Waals surface area contributed by atoms with Crippen LogP contribution in [0.4, 0.5) is 0 Å². The van der Waals surface area contributed by atoms with E-state index in [0.29, 0.717) is 23.1 Å². The predicted molar refractivity (Wildman–Crippen MR) is 73.5 cm³/mol. The highest BCUT2D eigenvalue weighted by Crippen LogP contribution is 2.29. The molecule has 0 aliphatic carbocycles. The Morgan fingerprint density at radius 3 is 2.53 bits per heavy atom. The van der Waals surface area contributed by atoms with Gasteiger partial charge in [0.1, 0.15) is 18.1 Å². The highest BCUT2D eigenvalue weighted by molar-refractivity contribution is 6.32. The molecule has 2 aromatic carbocycles. The van der Waals surface area contributed by atoms with E-state index in [1.165, 1.54) is 6.92 Å². The molecule has 2 aromatic rings. The lowest BCUT2D eigenvalue weighted by molar-refractivity contribution is -0.131. The van der Waals surface area contributed by atoms with Crippen LogP contribution >= 0.6 is 11.6 Å². The van der Waals surface area contributed by atoms with Crippen LogP contribution in [0.2, 0.25) is 5.02 Å². The molecule has 2 rings (SSSR count). The maximum absolute atomic E-state index is 10.8. The number of esters is 1. The van der Waals surface area contributed by atoms with Gasteiger partial charge < -0.3 is 9.47 Å². The van der Waals surface area contributed by atoms with Gasteiger partial charge in [0.2, 0.25) is 0 Å². The Morgan fingerprint density at radius 2 is 1.89 bits per heavy atom. The zero-order valence-corrected chi connectivity index (χ0v) is 11.2. The van der Waals surface area contributed by atoms with Gasteiger partial charge >= 0.3 is 5.97 Å². The Morgan fingerprint density at radius 1 is 1.16 bits per heavy atom. The maximum Gasteiger partial charge on any atom is 0.308 e. The van der Waals surface area contributed by atoms with E-state index in [4.69, 9.17) is 21.1 Å². The summed E-state index contributed by atoms with van der Waals surface area (Å²) in [6, 6.07) is 14.8. The minimum absolute atomic E-state index is 0.334. The van der Waals surface area contributed by atoms with Gasteiger partial charge in [-0.05, 0) is 17.7 Å². The maximum atomic E-state index is 10.8. The first-order chi connectivity index (χ1) is 9.15. The molecule has 19 heavy (non-hydrogen) atoms. The number of hydrogen-bond donors (Lipinski definition) is 0. The standard InChI is InChI=1S/C15H13ClO3/c1-11(17)19-15-8-7-13(9-14(15)16)18-10-12-5-3-2-4-6-12/h2-9H,10H2,1H3. The van der Waals surface area contributed by atoms with E-state index in [-0.39, 0.29) is 0 Å². The van der Waals surface area contributed by atoms with Gasteiger partial charge in [-0.3, -0.25) is 4.79 Å². The Kier molecular flexibility index (Phi) is 4.42. The minimum Gasteiger partial charge on any atom is -0.489 e. The van der Waals surface area contributed by atoms with Crippen molar-refractivity contribution in [3.63, 3.8) is 0 Å². The van der Waals surface area contributed by atoms with E-state index >= 15 is 0 Å². The van der Waals surface area contributed by atoms with E-state index in [0.717, 1.165) is 5.56 Å². The Labute approximate surface area is 116 Å². The third-order valence-corrected chi connectivity index (χ3v) is 2.70. The number of carbonyl (C=O) groups excluding carboxylic acids is 1. The molecule has 0 aliphatic rings. The van der Waals surface area contributed by atoms with Crippen LogP contribution in [0.1, 0.15) is 12.5 Å². The van der Waals surface area contributed by atoms with E-state index in [1.807, 2.05) is 30.3 Å². The summed E-state index contributed by atoms with van der Waals surface area (Å²) in [4.78, 5) is 10.8. The highest BCUT2D eigenvalue weighted by atomic mass is 35.5. The number of benzene rings is 2. The molecule has 0 atom stereocenters. The molecular formula is C15H13ClO3. The van der Waals surface area contributed by atoms with E-state index in [9.17, 15) is 4.79 Å². The van der Waals surface area contributed by atoms with Crippen molar-refractivity contribution in [1.29, 1.82) is 0 Å². The normalized spacial score (nSPS) is 10.0. The van der Waals surface area contributed by atoms with Crippen molar-refractivity contribution in [2.75, 3.05) is 0 Å². The van der Waals surface area contributed by atoms with Crippen LogP contribution in [0.3, 0.4) is 0 Å². The zero-order chi connectivity index (χ0) is 13.7. The Hall–Kier alpha value is -2.00. The summed E-state index contributed by atoms with van der Waals surface area (Å²) >= 11 is 6.00. The van der Waals surface area contributed by atoms with Crippen molar-refractivity contribution in [1.82, 2.24) is 0 Å². The Bertz CT molecular complexity index is 567. The van der Waals surface area contributed by atoms with Crippen molar-refractivity contribution < 1.29 is 14.3 Å². The molecule has 0 saturated carbocycles. The lowest BCUT2D eigenvalue weighted by Crippen LogP contribution is -2.02. The van der Waals surface area contributed by atoms with Crippen molar-refractivity contribution in [3.8, 4) is 11.5 Å². The summed E-state index contributed by atoms with van der Waals surface area (Å²) in [6.07, 6.45) is 0. The van der Waals surface area contributed by atoms with Crippen LogP contribution in [-0.4, -0.2) is 5.97 Å². The van der Waals surface area contributed by atoms with Gasteiger partial charge in [-0.2, -0.15) is 0 Å². The summed E-state index contributed by atoms with van der Waals surface area (Å²) in [5.74, 6) is 0.561. The second-order valence-electron chi connectivity index (χ2n) is 3.96. The second-order valence-corrected chi connectivity index (χ2v) is 4.37. The lowest BCUT2D eigenvalue weighted by Gasteiger charge is -2.09. The topological polar surface area (TPSA) is 35.5 Å². The van der Waals surface area contributed by atoms with Crippen LogP contribution in [0.15, 0.2) is 48.5 Å². The van der Waals surface area contributed by atoms with Gasteiger partial charge in [-0.25, -0.2) is 0 Å². The molecule has 0 fully saturated rings. The van der Waals surface area contributed by atoms with Crippen molar-refractivity contribution in [2.24, 2.45) is 0 Å². The third-order valence-electron chi connectivity index (χ3n) is 2.41. The fourth-order valence-electron chi connectivity index (χ4n) is 1.55. The number of hydrogen-bond acceptors (Lipinski definition) is 3. The molecule has 0 unspecified atom stereocenters. The summed E-state index contributed by atoms with van der Waals surface area (Å²) in [5.41, 5.74) is 1.07. The van der Waals surface area contributed by atoms with Gasteiger partial charge in [0, 0.05) is 13.0 Å². The fraction of sp³-hybridized carbons (Fsp3) is 0.133. The SMILES string of the molecule is CC(=O)Oc1ccc(OCc2ccccc2)cc1Cl. The van der Waals surface area contributed by atoms with Gasteiger partial charge in [-0.1, -0.05) is 41.9 Å². The van der Waals surface area contributed by atoms with Crippen molar-refractivity contribution in [2.45, 2.75) is 13.5 Å². The molecule has 0 spiro atoms. The number of carbonyl (C=O) groups is 1. The second kappa shape index (κ2) is 6.25. The molecule has 0 saturated heterocycles.